The SMILES string of the molecule is CC(C)n1cc(-c2cn(C)c3cnc(Br)cc23)cn1. The maximum absolute atomic E-state index is 4.41. The fourth-order valence-electron chi connectivity index (χ4n) is 2.24. The van der Waals surface area contributed by atoms with E-state index in [-0.39, 0.29) is 0 Å². The van der Waals surface area contributed by atoms with E-state index >= 15 is 0 Å². The van der Waals surface area contributed by atoms with Gasteiger partial charge in [0.2, 0.25) is 0 Å². The summed E-state index contributed by atoms with van der Waals surface area (Å²) in [5.41, 5.74) is 3.44. The molecule has 0 unspecified atom stereocenters. The van der Waals surface area contributed by atoms with Crippen molar-refractivity contribution in [2.75, 3.05) is 0 Å². The quantitative estimate of drug-likeness (QED) is 0.674. The molecule has 19 heavy (non-hydrogen) atoms. The van der Waals surface area contributed by atoms with Crippen molar-refractivity contribution in [2.24, 2.45) is 7.05 Å². The van der Waals surface area contributed by atoms with Crippen molar-refractivity contribution in [1.29, 1.82) is 0 Å². The summed E-state index contributed by atoms with van der Waals surface area (Å²) < 4.78 is 4.92. The highest BCUT2D eigenvalue weighted by Gasteiger charge is 2.12. The Morgan fingerprint density at radius 1 is 1.21 bits per heavy atom. The Labute approximate surface area is 120 Å². The number of pyridine rings is 1. The normalized spacial score (nSPS) is 11.6. The van der Waals surface area contributed by atoms with Crippen LogP contribution in [0.15, 0.2) is 35.5 Å². The molecule has 0 saturated carbocycles. The zero-order valence-electron chi connectivity index (χ0n) is 11.1. The van der Waals surface area contributed by atoms with Crippen LogP contribution in [0.1, 0.15) is 19.9 Å². The first-order valence-corrected chi connectivity index (χ1v) is 7.00. The molecule has 3 aromatic heterocycles. The van der Waals surface area contributed by atoms with Crippen molar-refractivity contribution >= 4 is 26.8 Å². The third-order valence-electron chi connectivity index (χ3n) is 3.28. The molecule has 3 heterocycles. The Morgan fingerprint density at radius 3 is 2.68 bits per heavy atom. The topological polar surface area (TPSA) is 35.6 Å². The molecular formula is C14H15BrN4. The van der Waals surface area contributed by atoms with Crippen LogP contribution in [-0.2, 0) is 7.05 Å². The minimum atomic E-state index is 0.372. The molecule has 5 heteroatoms. The number of fused-ring (bicyclic) bond motifs is 1. The van der Waals surface area contributed by atoms with Gasteiger partial charge < -0.3 is 4.57 Å². The molecule has 0 fully saturated rings. The molecule has 0 aliphatic carbocycles. The molecular weight excluding hydrogens is 304 g/mol. The van der Waals surface area contributed by atoms with Crippen molar-refractivity contribution in [3.63, 3.8) is 0 Å². The van der Waals surface area contributed by atoms with Gasteiger partial charge in [0.05, 0.1) is 17.9 Å². The molecule has 0 radical (unpaired) electrons. The van der Waals surface area contributed by atoms with E-state index < -0.39 is 0 Å². The number of aromatic nitrogens is 4. The van der Waals surface area contributed by atoms with E-state index in [9.17, 15) is 0 Å². The van der Waals surface area contributed by atoms with Gasteiger partial charge in [-0.2, -0.15) is 5.10 Å². The minimum Gasteiger partial charge on any atom is -0.349 e. The Morgan fingerprint density at radius 2 is 2.00 bits per heavy atom. The van der Waals surface area contributed by atoms with Gasteiger partial charge >= 0.3 is 0 Å². The third-order valence-corrected chi connectivity index (χ3v) is 3.72. The second kappa shape index (κ2) is 4.49. The Kier molecular flexibility index (Phi) is 2.93. The summed E-state index contributed by atoms with van der Waals surface area (Å²) in [6, 6.07) is 2.43. The van der Waals surface area contributed by atoms with E-state index in [1.54, 1.807) is 0 Å². The summed E-state index contributed by atoms with van der Waals surface area (Å²) in [5.74, 6) is 0. The molecule has 0 saturated heterocycles. The predicted molar refractivity (Wildman–Crippen MR) is 80.0 cm³/mol. The summed E-state index contributed by atoms with van der Waals surface area (Å²) >= 11 is 3.44. The first kappa shape index (κ1) is 12.4. The fraction of sp³-hybridized carbons (Fsp3) is 0.286. The van der Waals surface area contributed by atoms with Gasteiger partial charge in [-0.25, -0.2) is 4.98 Å². The summed E-state index contributed by atoms with van der Waals surface area (Å²) in [6.07, 6.45) is 8.02. The molecule has 0 amide bonds. The molecule has 0 aliphatic rings. The lowest BCUT2D eigenvalue weighted by Crippen LogP contribution is -1.99. The van der Waals surface area contributed by atoms with Gasteiger partial charge in [0.1, 0.15) is 4.60 Å². The number of hydrogen-bond acceptors (Lipinski definition) is 2. The average Bonchev–Trinajstić information content (AvgIpc) is 2.94. The van der Waals surface area contributed by atoms with Crippen molar-refractivity contribution in [2.45, 2.75) is 19.9 Å². The van der Waals surface area contributed by atoms with E-state index in [1.165, 1.54) is 10.9 Å². The maximum atomic E-state index is 4.41. The van der Waals surface area contributed by atoms with Crippen LogP contribution in [0, 0.1) is 0 Å². The van der Waals surface area contributed by atoms with Crippen LogP contribution in [0.4, 0.5) is 0 Å². The molecule has 4 nitrogen and oxygen atoms in total. The molecule has 0 aromatic carbocycles. The van der Waals surface area contributed by atoms with Crippen LogP contribution < -0.4 is 0 Å². The van der Waals surface area contributed by atoms with E-state index in [1.807, 2.05) is 24.1 Å². The Hall–Kier alpha value is -1.62. The predicted octanol–water partition coefficient (Wildman–Crippen LogP) is 3.78. The Balaban J connectivity index is 2.21. The lowest BCUT2D eigenvalue weighted by molar-refractivity contribution is 0.532. The first-order valence-electron chi connectivity index (χ1n) is 6.21. The highest BCUT2D eigenvalue weighted by molar-refractivity contribution is 9.10. The fourth-order valence-corrected chi connectivity index (χ4v) is 2.57. The van der Waals surface area contributed by atoms with Crippen LogP contribution in [0.3, 0.4) is 0 Å². The monoisotopic (exact) mass is 318 g/mol. The second-order valence-corrected chi connectivity index (χ2v) is 5.79. The van der Waals surface area contributed by atoms with Crippen LogP contribution in [-0.4, -0.2) is 19.3 Å². The van der Waals surface area contributed by atoms with Gasteiger partial charge in [-0.3, -0.25) is 4.68 Å². The van der Waals surface area contributed by atoms with E-state index in [0.29, 0.717) is 6.04 Å². The molecule has 0 N–H and O–H groups in total. The van der Waals surface area contributed by atoms with E-state index in [2.05, 4.69) is 62.9 Å². The van der Waals surface area contributed by atoms with Crippen LogP contribution >= 0.6 is 15.9 Å². The maximum Gasteiger partial charge on any atom is 0.106 e. The van der Waals surface area contributed by atoms with E-state index in [0.717, 1.165) is 15.7 Å². The standard InChI is InChI=1S/C14H15BrN4/c1-9(2)19-7-10(5-17-19)12-8-18(3)13-6-16-14(15)4-11(12)13/h4-9H,1-3H3. The molecule has 98 valence electrons. The third kappa shape index (κ3) is 2.08. The number of hydrogen-bond donors (Lipinski definition) is 0. The summed E-state index contributed by atoms with van der Waals surface area (Å²) in [4.78, 5) is 4.28. The lowest BCUT2D eigenvalue weighted by atomic mass is 10.1. The second-order valence-electron chi connectivity index (χ2n) is 4.98. The first-order chi connectivity index (χ1) is 9.06. The van der Waals surface area contributed by atoms with Crippen molar-refractivity contribution in [3.8, 4) is 11.1 Å². The number of rotatable bonds is 2. The van der Waals surface area contributed by atoms with Gasteiger partial charge in [0.15, 0.2) is 0 Å². The number of aryl methyl sites for hydroxylation is 1. The van der Waals surface area contributed by atoms with Crippen LogP contribution in [0.2, 0.25) is 0 Å². The van der Waals surface area contributed by atoms with Gasteiger partial charge in [0.25, 0.3) is 0 Å². The molecule has 0 bridgehead atoms. The van der Waals surface area contributed by atoms with Crippen molar-refractivity contribution < 1.29 is 0 Å². The summed E-state index contributed by atoms with van der Waals surface area (Å²) in [7, 11) is 2.04. The van der Waals surface area contributed by atoms with Crippen LogP contribution in [0.5, 0.6) is 0 Å². The minimum absolute atomic E-state index is 0.372. The molecule has 3 rings (SSSR count). The van der Waals surface area contributed by atoms with Gasteiger partial charge in [-0.15, -0.1) is 0 Å². The van der Waals surface area contributed by atoms with Gasteiger partial charge in [0, 0.05) is 42.0 Å². The average molecular weight is 319 g/mol. The van der Waals surface area contributed by atoms with Gasteiger partial charge in [-0.05, 0) is 35.8 Å². The smallest absolute Gasteiger partial charge is 0.106 e. The largest absolute Gasteiger partial charge is 0.349 e. The highest BCUT2D eigenvalue weighted by Crippen LogP contribution is 2.31. The summed E-state index contributed by atoms with van der Waals surface area (Å²) in [5, 5.41) is 5.60. The van der Waals surface area contributed by atoms with Gasteiger partial charge in [-0.1, -0.05) is 0 Å². The molecule has 0 aliphatic heterocycles. The van der Waals surface area contributed by atoms with E-state index in [4.69, 9.17) is 0 Å². The zero-order valence-corrected chi connectivity index (χ0v) is 12.7. The number of halogens is 1. The summed E-state index contributed by atoms with van der Waals surface area (Å²) in [6.45, 7) is 4.25. The number of nitrogens with zero attached hydrogens (tertiary/aromatic N) is 4. The Bertz CT molecular complexity index is 739. The lowest BCUT2D eigenvalue weighted by Gasteiger charge is -2.02. The molecule has 3 aromatic rings. The van der Waals surface area contributed by atoms with Crippen molar-refractivity contribution in [3.05, 3.63) is 35.5 Å². The molecule has 0 spiro atoms. The highest BCUT2D eigenvalue weighted by atomic mass is 79.9. The van der Waals surface area contributed by atoms with Crippen LogP contribution in [0.25, 0.3) is 22.0 Å². The van der Waals surface area contributed by atoms with Crippen molar-refractivity contribution in [1.82, 2.24) is 19.3 Å². The zero-order chi connectivity index (χ0) is 13.6. The molecule has 0 atom stereocenters.